The second kappa shape index (κ2) is 15.0. The first-order valence-electron chi connectivity index (χ1n) is 15.6. The topological polar surface area (TPSA) is 71.1 Å². The average Bonchev–Trinajstić information content (AvgIpc) is 3.14. The Morgan fingerprint density at radius 1 is 0.458 bits per heavy atom. The first kappa shape index (κ1) is 31.8. The highest BCUT2D eigenvalue weighted by atomic mass is 16.6. The predicted molar refractivity (Wildman–Crippen MR) is 191 cm³/mol. The molecule has 0 saturated carbocycles. The lowest BCUT2D eigenvalue weighted by atomic mass is 9.87. The smallest absolute Gasteiger partial charge is 0.330 e. The number of carbonyl (C=O) groups is 2. The summed E-state index contributed by atoms with van der Waals surface area (Å²) in [5.41, 5.74) is 6.62. The third-order valence-electron chi connectivity index (χ3n) is 7.92. The molecule has 0 atom stereocenters. The van der Waals surface area contributed by atoms with Gasteiger partial charge in [-0.2, -0.15) is 0 Å². The van der Waals surface area contributed by atoms with Gasteiger partial charge in [-0.25, -0.2) is 9.59 Å². The molecule has 0 aliphatic carbocycles. The molecule has 6 aromatic rings. The zero-order valence-electron chi connectivity index (χ0n) is 26.4. The number of esters is 2. The molecule has 48 heavy (non-hydrogen) atoms. The number of ether oxygens (including phenoxy) is 4. The second-order valence-corrected chi connectivity index (χ2v) is 11.0. The lowest BCUT2D eigenvalue weighted by Crippen LogP contribution is -2.10. The van der Waals surface area contributed by atoms with Crippen LogP contribution in [0.1, 0.15) is 0 Å². The summed E-state index contributed by atoms with van der Waals surface area (Å²) in [7, 11) is 0. The quantitative estimate of drug-likeness (QED) is 0.0717. The maximum atomic E-state index is 11.3. The van der Waals surface area contributed by atoms with Gasteiger partial charge in [0.25, 0.3) is 0 Å². The Kier molecular flexibility index (Phi) is 9.92. The van der Waals surface area contributed by atoms with E-state index in [4.69, 9.17) is 18.9 Å². The van der Waals surface area contributed by atoms with Crippen molar-refractivity contribution in [3.05, 3.63) is 147 Å². The number of fused-ring (bicyclic) bond motifs is 2. The number of carbonyl (C=O) groups excluding carboxylic acids is 2. The van der Waals surface area contributed by atoms with E-state index >= 15 is 0 Å². The summed E-state index contributed by atoms with van der Waals surface area (Å²) in [6.07, 6.45) is 2.27. The summed E-state index contributed by atoms with van der Waals surface area (Å²) in [6.45, 7) is 7.62. The van der Waals surface area contributed by atoms with Crippen LogP contribution in [0.5, 0.6) is 11.5 Å². The molecule has 0 fully saturated rings. The van der Waals surface area contributed by atoms with Crippen molar-refractivity contribution in [2.45, 2.75) is 0 Å². The Morgan fingerprint density at radius 3 is 1.62 bits per heavy atom. The van der Waals surface area contributed by atoms with E-state index in [0.717, 1.165) is 67.1 Å². The van der Waals surface area contributed by atoms with Crippen LogP contribution in [0.15, 0.2) is 147 Å². The Labute approximate surface area is 279 Å². The van der Waals surface area contributed by atoms with Gasteiger partial charge in [-0.05, 0) is 97.4 Å². The number of hydrogen-bond donors (Lipinski definition) is 0. The molecule has 0 aliphatic heterocycles. The highest BCUT2D eigenvalue weighted by Crippen LogP contribution is 2.41. The molecule has 0 aromatic heterocycles. The molecule has 0 spiro atoms. The van der Waals surface area contributed by atoms with Gasteiger partial charge in [0.1, 0.15) is 37.9 Å². The fraction of sp³-hybridized carbons (Fsp3) is 0.0952. The molecule has 0 amide bonds. The molecule has 238 valence electrons. The molecule has 0 N–H and O–H groups in total. The van der Waals surface area contributed by atoms with Crippen molar-refractivity contribution < 1.29 is 28.5 Å². The minimum absolute atomic E-state index is 0.150. The van der Waals surface area contributed by atoms with Gasteiger partial charge >= 0.3 is 11.9 Å². The van der Waals surface area contributed by atoms with Gasteiger partial charge in [-0.3, -0.25) is 0 Å². The summed E-state index contributed by atoms with van der Waals surface area (Å²) < 4.78 is 21.6. The molecule has 0 saturated heterocycles. The van der Waals surface area contributed by atoms with Gasteiger partial charge in [0.15, 0.2) is 0 Å². The van der Waals surface area contributed by atoms with Gasteiger partial charge in [0.2, 0.25) is 0 Å². The van der Waals surface area contributed by atoms with E-state index in [2.05, 4.69) is 104 Å². The van der Waals surface area contributed by atoms with E-state index in [0.29, 0.717) is 11.5 Å². The molecule has 6 aromatic carbocycles. The summed E-state index contributed by atoms with van der Waals surface area (Å²) in [6, 6.07) is 41.7. The molecular formula is C42H34O6. The lowest BCUT2D eigenvalue weighted by Gasteiger charge is -2.17. The van der Waals surface area contributed by atoms with E-state index in [9.17, 15) is 9.59 Å². The highest BCUT2D eigenvalue weighted by molar-refractivity contribution is 6.00. The SMILES string of the molecule is C=CC(=O)OCCOc1ccc(-c2cc3ccccc3cc2-c2ccccc2-c2ccc3cc(OCCOC(=O)C=C)ccc3c2)cc1. The minimum Gasteiger partial charge on any atom is -0.490 e. The number of benzene rings is 6. The van der Waals surface area contributed by atoms with Crippen molar-refractivity contribution in [2.75, 3.05) is 26.4 Å². The zero-order chi connectivity index (χ0) is 33.3. The number of rotatable bonds is 13. The molecular weight excluding hydrogens is 600 g/mol. The summed E-state index contributed by atoms with van der Waals surface area (Å²) >= 11 is 0. The van der Waals surface area contributed by atoms with E-state index < -0.39 is 11.9 Å². The summed E-state index contributed by atoms with van der Waals surface area (Å²) in [5, 5.41) is 4.44. The maximum absolute atomic E-state index is 11.3. The van der Waals surface area contributed by atoms with E-state index in [1.54, 1.807) is 0 Å². The third-order valence-corrected chi connectivity index (χ3v) is 7.92. The van der Waals surface area contributed by atoms with Gasteiger partial charge in [0, 0.05) is 12.2 Å². The van der Waals surface area contributed by atoms with Crippen LogP contribution in [0, 0.1) is 0 Å². The van der Waals surface area contributed by atoms with Crippen molar-refractivity contribution in [1.82, 2.24) is 0 Å². The Bertz CT molecular complexity index is 2110. The first-order valence-corrected chi connectivity index (χ1v) is 15.6. The standard InChI is InChI=1S/C42H34O6/c1-3-41(43)47-23-21-45-35-18-15-29(16-19-35)39-27-30-9-5-6-10-31(30)28-40(39)38-12-8-7-11-37(38)34-14-13-33-26-36(20-17-32(33)25-34)46-22-24-48-42(44)4-2/h3-20,25-28H,1-2,21-24H2. The van der Waals surface area contributed by atoms with Gasteiger partial charge < -0.3 is 18.9 Å². The van der Waals surface area contributed by atoms with Gasteiger partial charge in [0.05, 0.1) is 0 Å². The van der Waals surface area contributed by atoms with Crippen LogP contribution in [-0.2, 0) is 19.1 Å². The molecule has 0 bridgehead atoms. The van der Waals surface area contributed by atoms with Crippen molar-refractivity contribution in [1.29, 1.82) is 0 Å². The van der Waals surface area contributed by atoms with Crippen LogP contribution in [-0.4, -0.2) is 38.4 Å². The highest BCUT2D eigenvalue weighted by Gasteiger charge is 2.15. The predicted octanol–water partition coefficient (Wildman–Crippen LogP) is 9.21. The first-order chi connectivity index (χ1) is 23.5. The van der Waals surface area contributed by atoms with E-state index in [-0.39, 0.29) is 26.4 Å². The van der Waals surface area contributed by atoms with Crippen LogP contribution in [0.25, 0.3) is 54.9 Å². The van der Waals surface area contributed by atoms with Gasteiger partial charge in [-0.1, -0.05) is 92.0 Å². The van der Waals surface area contributed by atoms with Crippen LogP contribution in [0.2, 0.25) is 0 Å². The van der Waals surface area contributed by atoms with Gasteiger partial charge in [-0.15, -0.1) is 0 Å². The van der Waals surface area contributed by atoms with Crippen molar-refractivity contribution in [3.63, 3.8) is 0 Å². The fourth-order valence-electron chi connectivity index (χ4n) is 5.60. The van der Waals surface area contributed by atoms with E-state index in [1.165, 1.54) is 0 Å². The Morgan fingerprint density at radius 2 is 0.958 bits per heavy atom. The van der Waals surface area contributed by atoms with Crippen LogP contribution < -0.4 is 9.47 Å². The summed E-state index contributed by atoms with van der Waals surface area (Å²) in [5.74, 6) is 0.462. The largest absolute Gasteiger partial charge is 0.490 e. The maximum Gasteiger partial charge on any atom is 0.330 e. The molecule has 6 rings (SSSR count). The Balaban J connectivity index is 1.30. The molecule has 0 unspecified atom stereocenters. The lowest BCUT2D eigenvalue weighted by molar-refractivity contribution is -0.139. The monoisotopic (exact) mass is 634 g/mol. The average molecular weight is 635 g/mol. The third kappa shape index (κ3) is 7.45. The van der Waals surface area contributed by atoms with Crippen LogP contribution in [0.3, 0.4) is 0 Å². The molecule has 0 aliphatic rings. The van der Waals surface area contributed by atoms with Crippen LogP contribution in [0.4, 0.5) is 0 Å². The van der Waals surface area contributed by atoms with Crippen LogP contribution >= 0.6 is 0 Å². The minimum atomic E-state index is -0.470. The second-order valence-electron chi connectivity index (χ2n) is 11.0. The molecule has 6 heteroatoms. The summed E-state index contributed by atoms with van der Waals surface area (Å²) in [4.78, 5) is 22.6. The van der Waals surface area contributed by atoms with Crippen molar-refractivity contribution in [3.8, 4) is 44.9 Å². The normalized spacial score (nSPS) is 10.8. The molecule has 0 radical (unpaired) electrons. The molecule has 6 nitrogen and oxygen atoms in total. The fourth-order valence-corrected chi connectivity index (χ4v) is 5.60. The van der Waals surface area contributed by atoms with E-state index in [1.807, 2.05) is 30.3 Å². The zero-order valence-corrected chi connectivity index (χ0v) is 26.4. The molecule has 0 heterocycles. The van der Waals surface area contributed by atoms with Crippen molar-refractivity contribution in [2.24, 2.45) is 0 Å². The number of hydrogen-bond acceptors (Lipinski definition) is 6. The van der Waals surface area contributed by atoms with Crippen molar-refractivity contribution >= 4 is 33.5 Å². The Hall–Kier alpha value is -6.14.